The summed E-state index contributed by atoms with van der Waals surface area (Å²) in [5.41, 5.74) is 2.47. The second kappa shape index (κ2) is 8.61. The molecule has 2 rings (SSSR count). The molecule has 0 fully saturated rings. The van der Waals surface area contributed by atoms with E-state index >= 15 is 0 Å². The van der Waals surface area contributed by atoms with Crippen LogP contribution < -0.4 is 4.72 Å². The van der Waals surface area contributed by atoms with Crippen molar-refractivity contribution in [3.63, 3.8) is 0 Å². The lowest BCUT2D eigenvalue weighted by Gasteiger charge is -2.05. The second-order valence-electron chi connectivity index (χ2n) is 5.65. The maximum atomic E-state index is 12.2. The van der Waals surface area contributed by atoms with Crippen LogP contribution in [-0.4, -0.2) is 20.7 Å². The third kappa shape index (κ3) is 5.56. The topological polar surface area (TPSA) is 63.2 Å². The summed E-state index contributed by atoms with van der Waals surface area (Å²) in [6, 6.07) is 13.8. The molecular formula is C20H21NO3S. The van der Waals surface area contributed by atoms with Gasteiger partial charge in [-0.3, -0.25) is 4.79 Å². The standard InChI is InChI=1S/C20H21NO3S/c1-3-5-17-9-13-20(14-10-17)25(23,24)21-15-4-6-18-7-11-19(12-8-18)16(2)22/h7-14,21H,3,5,15H2,1-2H3. The summed E-state index contributed by atoms with van der Waals surface area (Å²) in [6.45, 7) is 3.61. The minimum absolute atomic E-state index is 0.00257. The summed E-state index contributed by atoms with van der Waals surface area (Å²) >= 11 is 0. The summed E-state index contributed by atoms with van der Waals surface area (Å²) in [5, 5.41) is 0. The molecular weight excluding hydrogens is 334 g/mol. The monoisotopic (exact) mass is 355 g/mol. The fraction of sp³-hybridized carbons (Fsp3) is 0.250. The number of sulfonamides is 1. The highest BCUT2D eigenvalue weighted by atomic mass is 32.2. The quantitative estimate of drug-likeness (QED) is 0.639. The Morgan fingerprint density at radius 2 is 1.68 bits per heavy atom. The van der Waals surface area contributed by atoms with Gasteiger partial charge in [0.1, 0.15) is 0 Å². The maximum Gasteiger partial charge on any atom is 0.241 e. The van der Waals surface area contributed by atoms with Crippen LogP contribution in [0.15, 0.2) is 53.4 Å². The molecule has 0 aliphatic rings. The molecule has 0 heterocycles. The van der Waals surface area contributed by atoms with E-state index in [0.29, 0.717) is 5.56 Å². The largest absolute Gasteiger partial charge is 0.295 e. The van der Waals surface area contributed by atoms with Crippen LogP contribution in [0.1, 0.15) is 41.8 Å². The van der Waals surface area contributed by atoms with Gasteiger partial charge in [-0.1, -0.05) is 49.5 Å². The molecule has 2 aromatic carbocycles. The van der Waals surface area contributed by atoms with E-state index in [2.05, 4.69) is 23.5 Å². The molecule has 1 N–H and O–H groups in total. The number of rotatable bonds is 6. The number of carbonyl (C=O) groups excluding carboxylic acids is 1. The first-order valence-electron chi connectivity index (χ1n) is 8.11. The minimum atomic E-state index is -3.56. The van der Waals surface area contributed by atoms with Gasteiger partial charge in [-0.05, 0) is 43.2 Å². The van der Waals surface area contributed by atoms with E-state index in [1.807, 2.05) is 12.1 Å². The Morgan fingerprint density at radius 1 is 1.04 bits per heavy atom. The van der Waals surface area contributed by atoms with Crippen LogP contribution in [0.25, 0.3) is 0 Å². The van der Waals surface area contributed by atoms with Crippen molar-refractivity contribution in [2.45, 2.75) is 31.6 Å². The van der Waals surface area contributed by atoms with Crippen LogP contribution in [-0.2, 0) is 16.4 Å². The first-order valence-corrected chi connectivity index (χ1v) is 9.59. The van der Waals surface area contributed by atoms with Crippen molar-refractivity contribution in [2.24, 2.45) is 0 Å². The normalized spacial score (nSPS) is 10.8. The molecule has 0 amide bonds. The number of benzene rings is 2. The van der Waals surface area contributed by atoms with Crippen LogP contribution >= 0.6 is 0 Å². The third-order valence-electron chi connectivity index (χ3n) is 3.65. The highest BCUT2D eigenvalue weighted by Crippen LogP contribution is 2.11. The van der Waals surface area contributed by atoms with Crippen molar-refractivity contribution >= 4 is 15.8 Å². The van der Waals surface area contributed by atoms with Gasteiger partial charge in [0.2, 0.25) is 10.0 Å². The lowest BCUT2D eigenvalue weighted by Crippen LogP contribution is -2.24. The van der Waals surface area contributed by atoms with E-state index in [4.69, 9.17) is 0 Å². The van der Waals surface area contributed by atoms with Crippen molar-refractivity contribution < 1.29 is 13.2 Å². The molecule has 0 aromatic heterocycles. The first kappa shape index (κ1) is 18.9. The van der Waals surface area contributed by atoms with Gasteiger partial charge in [0.05, 0.1) is 11.4 Å². The fourth-order valence-electron chi connectivity index (χ4n) is 2.27. The summed E-state index contributed by atoms with van der Waals surface area (Å²) in [5.74, 6) is 5.65. The van der Waals surface area contributed by atoms with Gasteiger partial charge < -0.3 is 0 Å². The van der Waals surface area contributed by atoms with E-state index in [1.54, 1.807) is 36.4 Å². The molecule has 25 heavy (non-hydrogen) atoms. The van der Waals surface area contributed by atoms with E-state index in [9.17, 15) is 13.2 Å². The Hall–Kier alpha value is -2.42. The van der Waals surface area contributed by atoms with Gasteiger partial charge >= 0.3 is 0 Å². The predicted molar refractivity (Wildman–Crippen MR) is 99.0 cm³/mol. The molecule has 5 heteroatoms. The van der Waals surface area contributed by atoms with Crippen LogP contribution in [0.2, 0.25) is 0 Å². The third-order valence-corrected chi connectivity index (χ3v) is 5.06. The van der Waals surface area contributed by atoms with E-state index in [-0.39, 0.29) is 17.2 Å². The van der Waals surface area contributed by atoms with Gasteiger partial charge in [0.15, 0.2) is 5.78 Å². The summed E-state index contributed by atoms with van der Waals surface area (Å²) < 4.78 is 26.9. The molecule has 0 atom stereocenters. The highest BCUT2D eigenvalue weighted by molar-refractivity contribution is 7.89. The highest BCUT2D eigenvalue weighted by Gasteiger charge is 2.12. The summed E-state index contributed by atoms with van der Waals surface area (Å²) in [4.78, 5) is 11.4. The average Bonchev–Trinajstić information content (AvgIpc) is 2.60. The molecule has 0 unspecified atom stereocenters. The van der Waals surface area contributed by atoms with Crippen LogP contribution in [0.3, 0.4) is 0 Å². The van der Waals surface area contributed by atoms with Crippen molar-refractivity contribution in [3.8, 4) is 11.8 Å². The maximum absolute atomic E-state index is 12.2. The number of hydrogen-bond acceptors (Lipinski definition) is 3. The molecule has 0 aliphatic carbocycles. The SMILES string of the molecule is CCCc1ccc(S(=O)(=O)NCC#Cc2ccc(C(C)=O)cc2)cc1. The second-order valence-corrected chi connectivity index (χ2v) is 7.42. The van der Waals surface area contributed by atoms with Crippen molar-refractivity contribution in [2.75, 3.05) is 6.54 Å². The number of Topliss-reactive ketones (excluding diaryl/α,β-unsaturated/α-hetero) is 1. The minimum Gasteiger partial charge on any atom is -0.295 e. The molecule has 130 valence electrons. The summed E-state index contributed by atoms with van der Waals surface area (Å²) in [7, 11) is -3.56. The zero-order valence-electron chi connectivity index (χ0n) is 14.4. The number of hydrogen-bond donors (Lipinski definition) is 1. The van der Waals surface area contributed by atoms with Gasteiger partial charge in [-0.15, -0.1) is 0 Å². The lowest BCUT2D eigenvalue weighted by atomic mass is 10.1. The molecule has 4 nitrogen and oxygen atoms in total. The Labute approximate surface area is 149 Å². The van der Waals surface area contributed by atoms with Gasteiger partial charge in [-0.2, -0.15) is 4.72 Å². The van der Waals surface area contributed by atoms with E-state index in [1.165, 1.54) is 6.92 Å². The molecule has 0 saturated heterocycles. The molecule has 0 saturated carbocycles. The fourth-order valence-corrected chi connectivity index (χ4v) is 3.20. The first-order chi connectivity index (χ1) is 11.9. The van der Waals surface area contributed by atoms with Gasteiger partial charge in [-0.25, -0.2) is 8.42 Å². The molecule has 0 bridgehead atoms. The predicted octanol–water partition coefficient (Wildman–Crippen LogP) is 3.17. The Balaban J connectivity index is 1.97. The number of nitrogens with one attached hydrogen (secondary N) is 1. The lowest BCUT2D eigenvalue weighted by molar-refractivity contribution is 0.101. The zero-order chi connectivity index (χ0) is 18.3. The van der Waals surface area contributed by atoms with Crippen molar-refractivity contribution in [1.82, 2.24) is 4.72 Å². The number of aryl methyl sites for hydroxylation is 1. The van der Waals surface area contributed by atoms with Crippen LogP contribution in [0, 0.1) is 11.8 Å². The molecule has 0 aliphatic heterocycles. The Morgan fingerprint density at radius 3 is 2.24 bits per heavy atom. The van der Waals surface area contributed by atoms with Crippen LogP contribution in [0.4, 0.5) is 0 Å². The zero-order valence-corrected chi connectivity index (χ0v) is 15.2. The van der Waals surface area contributed by atoms with Gasteiger partial charge in [0.25, 0.3) is 0 Å². The van der Waals surface area contributed by atoms with E-state index in [0.717, 1.165) is 24.0 Å². The average molecular weight is 355 g/mol. The molecule has 0 spiro atoms. The van der Waals surface area contributed by atoms with Crippen molar-refractivity contribution in [1.29, 1.82) is 0 Å². The summed E-state index contributed by atoms with van der Waals surface area (Å²) in [6.07, 6.45) is 1.95. The molecule has 0 radical (unpaired) electrons. The number of carbonyl (C=O) groups is 1. The smallest absolute Gasteiger partial charge is 0.241 e. The number of ketones is 1. The van der Waals surface area contributed by atoms with Crippen molar-refractivity contribution in [3.05, 3.63) is 65.2 Å². The Bertz CT molecular complexity index is 887. The Kier molecular flexibility index (Phi) is 6.51. The van der Waals surface area contributed by atoms with Gasteiger partial charge in [0, 0.05) is 11.1 Å². The molecule has 2 aromatic rings. The van der Waals surface area contributed by atoms with E-state index < -0.39 is 10.0 Å². The van der Waals surface area contributed by atoms with Crippen LogP contribution in [0.5, 0.6) is 0 Å².